The Labute approximate surface area is 177 Å². The molecule has 0 atom stereocenters. The summed E-state index contributed by atoms with van der Waals surface area (Å²) in [6.07, 6.45) is 2.00. The number of imidazole rings is 1. The molecule has 0 fully saturated rings. The van der Waals surface area contributed by atoms with Crippen LogP contribution in [0.2, 0.25) is 0 Å². The van der Waals surface area contributed by atoms with Crippen molar-refractivity contribution in [2.24, 2.45) is 0 Å². The highest BCUT2D eigenvalue weighted by Gasteiger charge is 2.13. The molecule has 0 saturated heterocycles. The van der Waals surface area contributed by atoms with E-state index in [4.69, 9.17) is 14.6 Å². The topological polar surface area (TPSA) is 48.7 Å². The zero-order valence-corrected chi connectivity index (χ0v) is 18.1. The Morgan fingerprint density at radius 3 is 2.07 bits per heavy atom. The molecule has 0 saturated carbocycles. The maximum absolute atomic E-state index is 5.92. The van der Waals surface area contributed by atoms with Gasteiger partial charge in [-0.2, -0.15) is 5.10 Å². The van der Waals surface area contributed by atoms with Crippen molar-refractivity contribution in [3.63, 3.8) is 0 Å². The molecule has 0 aliphatic carbocycles. The van der Waals surface area contributed by atoms with E-state index in [-0.39, 0.29) is 11.7 Å². The van der Waals surface area contributed by atoms with Gasteiger partial charge in [0.05, 0.1) is 23.7 Å². The average molecular weight is 402 g/mol. The smallest absolute Gasteiger partial charge is 0.154 e. The molecule has 30 heavy (non-hydrogen) atoms. The zero-order chi connectivity index (χ0) is 21.3. The van der Waals surface area contributed by atoms with Gasteiger partial charge in [0, 0.05) is 11.1 Å². The maximum atomic E-state index is 5.92. The molecule has 0 aliphatic rings. The molecule has 0 unspecified atom stereocenters. The van der Waals surface area contributed by atoms with E-state index in [1.54, 1.807) is 0 Å². The minimum absolute atomic E-state index is 0.152. The van der Waals surface area contributed by atoms with Gasteiger partial charge >= 0.3 is 0 Å². The highest BCUT2D eigenvalue weighted by molar-refractivity contribution is 5.66. The van der Waals surface area contributed by atoms with E-state index in [0.29, 0.717) is 0 Å². The Bertz CT molecular complexity index is 1140. The molecule has 2 aromatic carbocycles. The molecule has 4 rings (SSSR count). The van der Waals surface area contributed by atoms with Crippen molar-refractivity contribution >= 4 is 5.65 Å². The van der Waals surface area contributed by atoms with E-state index in [2.05, 4.69) is 4.98 Å². The van der Waals surface area contributed by atoms with Gasteiger partial charge in [-0.05, 0) is 95.3 Å². The molecule has 0 aliphatic heterocycles. The third-order valence-electron chi connectivity index (χ3n) is 4.46. The van der Waals surface area contributed by atoms with Crippen LogP contribution in [0.25, 0.3) is 28.2 Å². The fourth-order valence-electron chi connectivity index (χ4n) is 3.25. The van der Waals surface area contributed by atoms with Gasteiger partial charge in [-0.3, -0.25) is 0 Å². The number of hydrogen-bond donors (Lipinski definition) is 0. The van der Waals surface area contributed by atoms with E-state index < -0.39 is 0 Å². The average Bonchev–Trinajstić information content (AvgIpc) is 3.11. The van der Waals surface area contributed by atoms with Gasteiger partial charge in [-0.15, -0.1) is 0 Å². The lowest BCUT2D eigenvalue weighted by Crippen LogP contribution is -2.22. The van der Waals surface area contributed by atoms with E-state index in [1.165, 1.54) is 0 Å². The van der Waals surface area contributed by atoms with Crippen LogP contribution >= 0.6 is 0 Å². The summed E-state index contributed by atoms with van der Waals surface area (Å²) in [5.74, 6) is 1.70. The van der Waals surface area contributed by atoms with Crippen LogP contribution in [-0.4, -0.2) is 26.3 Å². The predicted octanol–water partition coefficient (Wildman–Crippen LogP) is 6.03. The highest BCUT2D eigenvalue weighted by Crippen LogP contribution is 2.27. The third-order valence-corrected chi connectivity index (χ3v) is 4.46. The van der Waals surface area contributed by atoms with Gasteiger partial charge in [0.15, 0.2) is 5.65 Å². The van der Waals surface area contributed by atoms with Crippen LogP contribution in [0.3, 0.4) is 0 Å². The van der Waals surface area contributed by atoms with Crippen LogP contribution in [0.1, 0.15) is 34.6 Å². The van der Waals surface area contributed by atoms with Gasteiger partial charge in [-0.1, -0.05) is 0 Å². The quantitative estimate of drug-likeness (QED) is 0.410. The van der Waals surface area contributed by atoms with Gasteiger partial charge in [0.1, 0.15) is 17.1 Å². The SMILES string of the molecule is CC(C)Oc1ccc(-c2ccc3ncc(-c4ccc(OC(C)(C)C)cc4)n3n2)cc1. The first-order chi connectivity index (χ1) is 14.3. The van der Waals surface area contributed by atoms with Crippen molar-refractivity contribution < 1.29 is 9.47 Å². The molecule has 4 aromatic rings. The fraction of sp³-hybridized carbons (Fsp3) is 0.280. The van der Waals surface area contributed by atoms with E-state index >= 15 is 0 Å². The normalized spacial score (nSPS) is 11.8. The summed E-state index contributed by atoms with van der Waals surface area (Å²) in [6, 6.07) is 20.0. The predicted molar refractivity (Wildman–Crippen MR) is 120 cm³/mol. The van der Waals surface area contributed by atoms with Crippen LogP contribution < -0.4 is 9.47 Å². The minimum Gasteiger partial charge on any atom is -0.491 e. The molecule has 2 heterocycles. The van der Waals surface area contributed by atoms with Gasteiger partial charge in [-0.25, -0.2) is 9.50 Å². The monoisotopic (exact) mass is 401 g/mol. The number of aromatic nitrogens is 3. The number of hydrogen-bond acceptors (Lipinski definition) is 4. The van der Waals surface area contributed by atoms with Crippen molar-refractivity contribution in [1.82, 2.24) is 14.6 Å². The van der Waals surface area contributed by atoms with E-state index in [1.807, 2.05) is 106 Å². The van der Waals surface area contributed by atoms with Crippen molar-refractivity contribution in [2.45, 2.75) is 46.3 Å². The van der Waals surface area contributed by atoms with E-state index in [9.17, 15) is 0 Å². The van der Waals surface area contributed by atoms with Gasteiger partial charge < -0.3 is 9.47 Å². The van der Waals surface area contributed by atoms with Crippen LogP contribution in [0.5, 0.6) is 11.5 Å². The van der Waals surface area contributed by atoms with Crippen LogP contribution in [0.4, 0.5) is 0 Å². The Kier molecular flexibility index (Phi) is 5.20. The van der Waals surface area contributed by atoms with Crippen LogP contribution in [0, 0.1) is 0 Å². The first-order valence-electron chi connectivity index (χ1n) is 10.2. The first-order valence-corrected chi connectivity index (χ1v) is 10.2. The van der Waals surface area contributed by atoms with Crippen molar-refractivity contribution in [3.05, 3.63) is 66.9 Å². The Morgan fingerprint density at radius 2 is 1.43 bits per heavy atom. The minimum atomic E-state index is -0.225. The number of rotatable bonds is 5. The first kappa shape index (κ1) is 20.0. The lowest BCUT2D eigenvalue weighted by molar-refractivity contribution is 0.131. The molecule has 5 nitrogen and oxygen atoms in total. The Hall–Kier alpha value is -3.34. The Morgan fingerprint density at radius 1 is 0.800 bits per heavy atom. The molecule has 5 heteroatoms. The molecular formula is C25H27N3O2. The lowest BCUT2D eigenvalue weighted by Gasteiger charge is -2.21. The summed E-state index contributed by atoms with van der Waals surface area (Å²) in [6.45, 7) is 10.2. The third kappa shape index (κ3) is 4.46. The summed E-state index contributed by atoms with van der Waals surface area (Å²) in [7, 11) is 0. The Balaban J connectivity index is 1.65. The number of nitrogens with zero attached hydrogens (tertiary/aromatic N) is 3. The van der Waals surface area contributed by atoms with Crippen LogP contribution in [-0.2, 0) is 0 Å². The summed E-state index contributed by atoms with van der Waals surface area (Å²) in [5.41, 5.74) is 4.47. The summed E-state index contributed by atoms with van der Waals surface area (Å²) < 4.78 is 13.5. The fourth-order valence-corrected chi connectivity index (χ4v) is 3.25. The van der Waals surface area contributed by atoms with Crippen molar-refractivity contribution in [2.75, 3.05) is 0 Å². The van der Waals surface area contributed by atoms with Gasteiger partial charge in [0.2, 0.25) is 0 Å². The molecule has 0 spiro atoms. The highest BCUT2D eigenvalue weighted by atomic mass is 16.5. The molecule has 0 bridgehead atoms. The second kappa shape index (κ2) is 7.82. The second-order valence-corrected chi connectivity index (χ2v) is 8.56. The van der Waals surface area contributed by atoms with E-state index in [0.717, 1.165) is 39.7 Å². The summed E-state index contributed by atoms with van der Waals surface area (Å²) >= 11 is 0. The number of fused-ring (bicyclic) bond motifs is 1. The van der Waals surface area contributed by atoms with Gasteiger partial charge in [0.25, 0.3) is 0 Å². The molecule has 0 N–H and O–H groups in total. The number of ether oxygens (including phenoxy) is 2. The standard InChI is InChI=1S/C25H27N3O2/c1-17(2)29-20-10-6-18(7-11-20)22-14-15-24-26-16-23(28(24)27-22)19-8-12-21(13-9-19)30-25(3,4)5/h6-17H,1-5H3. The molecular weight excluding hydrogens is 374 g/mol. The largest absolute Gasteiger partial charge is 0.491 e. The molecule has 0 radical (unpaired) electrons. The second-order valence-electron chi connectivity index (χ2n) is 8.56. The molecule has 2 aromatic heterocycles. The molecule has 0 amide bonds. The maximum Gasteiger partial charge on any atom is 0.154 e. The van der Waals surface area contributed by atoms with Crippen molar-refractivity contribution in [1.29, 1.82) is 0 Å². The summed E-state index contributed by atoms with van der Waals surface area (Å²) in [4.78, 5) is 4.51. The van der Waals surface area contributed by atoms with Crippen molar-refractivity contribution in [3.8, 4) is 34.0 Å². The number of benzene rings is 2. The zero-order valence-electron chi connectivity index (χ0n) is 18.1. The lowest BCUT2D eigenvalue weighted by atomic mass is 10.1. The molecule has 154 valence electrons. The summed E-state index contributed by atoms with van der Waals surface area (Å²) in [5, 5.41) is 4.84. The van der Waals surface area contributed by atoms with Crippen LogP contribution in [0.15, 0.2) is 66.9 Å².